The Morgan fingerprint density at radius 1 is 1.24 bits per heavy atom. The molecule has 0 amide bonds. The molecule has 2 heterocycles. The second kappa shape index (κ2) is 7.38. The van der Waals surface area contributed by atoms with E-state index in [4.69, 9.17) is 4.98 Å². The molecule has 1 aromatic heterocycles. The van der Waals surface area contributed by atoms with Gasteiger partial charge in [0.2, 0.25) is 0 Å². The number of aromatic nitrogens is 2. The summed E-state index contributed by atoms with van der Waals surface area (Å²) in [6.45, 7) is 7.96. The van der Waals surface area contributed by atoms with Crippen molar-refractivity contribution in [2.24, 2.45) is 5.41 Å². The SMILES string of the molecule is CN(C)C1CCN(c2cccc(-c3cnc4c(n3)C(C(=O)C(C)(C)C)=CC4)c2)C1. The summed E-state index contributed by atoms with van der Waals surface area (Å²) in [5.74, 6) is 0.128. The van der Waals surface area contributed by atoms with Crippen molar-refractivity contribution in [3.05, 3.63) is 47.9 Å². The van der Waals surface area contributed by atoms with Crippen LogP contribution in [0, 0.1) is 5.41 Å². The third-order valence-electron chi connectivity index (χ3n) is 5.93. The minimum atomic E-state index is -0.427. The molecule has 152 valence electrons. The number of ketones is 1. The topological polar surface area (TPSA) is 49.3 Å². The predicted octanol–water partition coefficient (Wildman–Crippen LogP) is 3.84. The van der Waals surface area contributed by atoms with E-state index in [9.17, 15) is 4.79 Å². The minimum absolute atomic E-state index is 0.128. The van der Waals surface area contributed by atoms with Crippen LogP contribution in [-0.2, 0) is 11.2 Å². The average Bonchev–Trinajstić information content (AvgIpc) is 3.34. The van der Waals surface area contributed by atoms with Gasteiger partial charge in [-0.1, -0.05) is 39.0 Å². The van der Waals surface area contributed by atoms with Crippen LogP contribution in [0.1, 0.15) is 38.6 Å². The molecule has 2 aromatic rings. The van der Waals surface area contributed by atoms with E-state index in [2.05, 4.69) is 53.1 Å². The van der Waals surface area contributed by atoms with Crippen molar-refractivity contribution >= 4 is 17.0 Å². The molecule has 2 aliphatic rings. The van der Waals surface area contributed by atoms with Crippen LogP contribution in [-0.4, -0.2) is 53.9 Å². The Morgan fingerprint density at radius 3 is 2.72 bits per heavy atom. The number of likely N-dealkylation sites (N-methyl/N-ethyl adjacent to an activating group) is 1. The van der Waals surface area contributed by atoms with E-state index in [1.54, 1.807) is 0 Å². The summed E-state index contributed by atoms with van der Waals surface area (Å²) in [4.78, 5) is 27.1. The van der Waals surface area contributed by atoms with Crippen LogP contribution < -0.4 is 4.90 Å². The van der Waals surface area contributed by atoms with Crippen molar-refractivity contribution in [1.82, 2.24) is 14.9 Å². The highest BCUT2D eigenvalue weighted by molar-refractivity contribution is 6.23. The number of allylic oxidation sites excluding steroid dienone is 2. The Kier molecular flexibility index (Phi) is 5.03. The van der Waals surface area contributed by atoms with Crippen LogP contribution in [0.3, 0.4) is 0 Å². The van der Waals surface area contributed by atoms with Gasteiger partial charge in [-0.15, -0.1) is 0 Å². The highest BCUT2D eigenvalue weighted by Crippen LogP contribution is 2.33. The van der Waals surface area contributed by atoms with E-state index in [1.165, 1.54) is 12.1 Å². The Hall–Kier alpha value is -2.53. The van der Waals surface area contributed by atoms with Gasteiger partial charge in [-0.3, -0.25) is 9.78 Å². The number of benzene rings is 1. The van der Waals surface area contributed by atoms with E-state index in [-0.39, 0.29) is 5.78 Å². The molecule has 1 saturated heterocycles. The molecule has 1 atom stereocenters. The number of rotatable bonds is 4. The number of Topliss-reactive ketones (excluding diaryl/α,β-unsaturated/α-hetero) is 1. The Balaban J connectivity index is 1.63. The fourth-order valence-corrected chi connectivity index (χ4v) is 4.08. The van der Waals surface area contributed by atoms with Crippen molar-refractivity contribution in [2.45, 2.75) is 39.7 Å². The summed E-state index contributed by atoms with van der Waals surface area (Å²) in [5.41, 5.74) is 5.02. The predicted molar refractivity (Wildman–Crippen MR) is 118 cm³/mol. The van der Waals surface area contributed by atoms with E-state index in [1.807, 2.05) is 33.0 Å². The van der Waals surface area contributed by atoms with Crippen molar-refractivity contribution in [1.29, 1.82) is 0 Å². The first-order chi connectivity index (χ1) is 13.7. The van der Waals surface area contributed by atoms with Gasteiger partial charge in [0.25, 0.3) is 0 Å². The highest BCUT2D eigenvalue weighted by atomic mass is 16.1. The summed E-state index contributed by atoms with van der Waals surface area (Å²) in [5, 5.41) is 0. The minimum Gasteiger partial charge on any atom is -0.370 e. The maximum atomic E-state index is 12.8. The zero-order valence-corrected chi connectivity index (χ0v) is 18.1. The zero-order chi connectivity index (χ0) is 20.8. The number of fused-ring (bicyclic) bond motifs is 1. The zero-order valence-electron chi connectivity index (χ0n) is 18.1. The average molecular weight is 391 g/mol. The van der Waals surface area contributed by atoms with Gasteiger partial charge < -0.3 is 9.80 Å². The molecule has 4 rings (SSSR count). The summed E-state index contributed by atoms with van der Waals surface area (Å²) < 4.78 is 0. The van der Waals surface area contributed by atoms with Crippen molar-refractivity contribution in [2.75, 3.05) is 32.1 Å². The molecule has 1 aromatic carbocycles. The molecule has 1 aliphatic heterocycles. The van der Waals surface area contributed by atoms with Gasteiger partial charge in [0.1, 0.15) is 0 Å². The highest BCUT2D eigenvalue weighted by Gasteiger charge is 2.31. The quantitative estimate of drug-likeness (QED) is 0.794. The molecule has 5 nitrogen and oxygen atoms in total. The number of hydrogen-bond acceptors (Lipinski definition) is 5. The second-order valence-electron chi connectivity index (χ2n) is 9.35. The van der Waals surface area contributed by atoms with Crippen LogP contribution in [0.5, 0.6) is 0 Å². The van der Waals surface area contributed by atoms with Gasteiger partial charge in [-0.25, -0.2) is 4.98 Å². The van der Waals surface area contributed by atoms with Crippen LogP contribution in [0.25, 0.3) is 16.8 Å². The lowest BCUT2D eigenvalue weighted by Gasteiger charge is -2.22. The molecule has 0 spiro atoms. The molecular weight excluding hydrogens is 360 g/mol. The number of hydrogen-bond donors (Lipinski definition) is 0. The lowest BCUT2D eigenvalue weighted by molar-refractivity contribution is -0.120. The van der Waals surface area contributed by atoms with Crippen molar-refractivity contribution in [3.8, 4) is 11.3 Å². The molecule has 0 bridgehead atoms. The molecule has 5 heteroatoms. The maximum Gasteiger partial charge on any atom is 0.170 e. The van der Waals surface area contributed by atoms with Crippen LogP contribution in [0.15, 0.2) is 36.5 Å². The first-order valence-corrected chi connectivity index (χ1v) is 10.4. The van der Waals surface area contributed by atoms with Crippen LogP contribution in [0.2, 0.25) is 0 Å². The van der Waals surface area contributed by atoms with Crippen LogP contribution >= 0.6 is 0 Å². The number of carbonyl (C=O) groups excluding carboxylic acids is 1. The third kappa shape index (κ3) is 3.84. The summed E-state index contributed by atoms with van der Waals surface area (Å²) in [6.07, 6.45) is 5.67. The van der Waals surface area contributed by atoms with Gasteiger partial charge in [-0.2, -0.15) is 0 Å². The van der Waals surface area contributed by atoms with Crippen molar-refractivity contribution in [3.63, 3.8) is 0 Å². The Labute approximate surface area is 173 Å². The first kappa shape index (κ1) is 19.8. The van der Waals surface area contributed by atoms with Crippen molar-refractivity contribution < 1.29 is 4.79 Å². The maximum absolute atomic E-state index is 12.8. The molecule has 0 saturated carbocycles. The fraction of sp³-hybridized carbons (Fsp3) is 0.458. The van der Waals surface area contributed by atoms with Gasteiger partial charge in [0, 0.05) is 47.8 Å². The van der Waals surface area contributed by atoms with Gasteiger partial charge >= 0.3 is 0 Å². The molecule has 29 heavy (non-hydrogen) atoms. The molecule has 1 unspecified atom stereocenters. The standard InChI is InChI=1S/C24H30N4O/c1-24(2,3)23(29)19-9-10-20-22(19)26-21(14-25-20)16-7-6-8-17(13-16)28-12-11-18(15-28)27(4)5/h6-9,13-14,18H,10-12,15H2,1-5H3. The largest absolute Gasteiger partial charge is 0.370 e. The summed E-state index contributed by atoms with van der Waals surface area (Å²) >= 11 is 0. The smallest absolute Gasteiger partial charge is 0.170 e. The third-order valence-corrected chi connectivity index (χ3v) is 5.93. The normalized spacial score (nSPS) is 18.9. The van der Waals surface area contributed by atoms with E-state index in [0.29, 0.717) is 18.0 Å². The van der Waals surface area contributed by atoms with E-state index in [0.717, 1.165) is 35.7 Å². The Bertz CT molecular complexity index is 971. The molecule has 0 radical (unpaired) electrons. The summed E-state index contributed by atoms with van der Waals surface area (Å²) in [6, 6.07) is 9.10. The first-order valence-electron chi connectivity index (χ1n) is 10.4. The molecule has 1 aliphatic carbocycles. The number of nitrogens with zero attached hydrogens (tertiary/aromatic N) is 4. The summed E-state index contributed by atoms with van der Waals surface area (Å²) in [7, 11) is 4.30. The molecule has 1 fully saturated rings. The number of carbonyl (C=O) groups is 1. The Morgan fingerprint density at radius 2 is 2.03 bits per heavy atom. The lowest BCUT2D eigenvalue weighted by atomic mass is 9.86. The lowest BCUT2D eigenvalue weighted by Crippen LogP contribution is -2.31. The van der Waals surface area contributed by atoms with Crippen LogP contribution in [0.4, 0.5) is 5.69 Å². The van der Waals surface area contributed by atoms with Gasteiger partial charge in [0.05, 0.1) is 23.3 Å². The molecular formula is C24H30N4O. The monoisotopic (exact) mass is 390 g/mol. The fourth-order valence-electron chi connectivity index (χ4n) is 4.08. The molecule has 0 N–H and O–H groups in total. The van der Waals surface area contributed by atoms with Gasteiger partial charge in [-0.05, 0) is 32.6 Å². The van der Waals surface area contributed by atoms with Gasteiger partial charge in [0.15, 0.2) is 5.78 Å². The van der Waals surface area contributed by atoms with E-state index >= 15 is 0 Å². The second-order valence-corrected chi connectivity index (χ2v) is 9.35. The van der Waals surface area contributed by atoms with E-state index < -0.39 is 5.41 Å². The number of anilines is 1.